The zero-order chi connectivity index (χ0) is 18.9. The smallest absolute Gasteiger partial charge is 0.330 e. The minimum Gasteiger partial charge on any atom is -0.479 e. The van der Waals surface area contributed by atoms with Crippen molar-refractivity contribution < 1.29 is 19.5 Å². The van der Waals surface area contributed by atoms with Crippen molar-refractivity contribution in [2.75, 3.05) is 6.54 Å². The maximum Gasteiger partial charge on any atom is 0.330 e. The summed E-state index contributed by atoms with van der Waals surface area (Å²) in [7, 11) is 0. The minimum atomic E-state index is -1.13. The minimum absolute atomic E-state index is 0.0308. The number of carboxylic acid groups (broad SMARTS) is 1. The van der Waals surface area contributed by atoms with Crippen LogP contribution in [0.25, 0.3) is 0 Å². The van der Waals surface area contributed by atoms with Gasteiger partial charge in [0.15, 0.2) is 6.04 Å². The summed E-state index contributed by atoms with van der Waals surface area (Å²) in [5, 5.41) is 11.9. The monoisotopic (exact) mass is 354 g/mol. The molecule has 0 unspecified atom stereocenters. The largest absolute Gasteiger partial charge is 0.479 e. The van der Waals surface area contributed by atoms with Crippen molar-refractivity contribution in [1.29, 1.82) is 0 Å². The molecule has 0 aliphatic heterocycles. The summed E-state index contributed by atoms with van der Waals surface area (Å²) in [6, 6.07) is 16.9. The van der Waals surface area contributed by atoms with Crippen molar-refractivity contribution in [3.05, 3.63) is 71.8 Å². The molecule has 26 heavy (non-hydrogen) atoms. The molecule has 1 atom stereocenters. The van der Waals surface area contributed by atoms with Crippen LogP contribution in [0.5, 0.6) is 0 Å². The van der Waals surface area contributed by atoms with Gasteiger partial charge < -0.3 is 15.3 Å². The van der Waals surface area contributed by atoms with Crippen LogP contribution in [0.2, 0.25) is 0 Å². The van der Waals surface area contributed by atoms with Crippen LogP contribution < -0.4 is 5.32 Å². The molecule has 6 nitrogen and oxygen atoms in total. The Hall–Kier alpha value is -3.15. The van der Waals surface area contributed by atoms with Gasteiger partial charge in [0, 0.05) is 26.4 Å². The number of carbonyl (C=O) groups excluding carboxylic acids is 2. The highest BCUT2D eigenvalue weighted by Gasteiger charge is 2.22. The molecule has 0 aliphatic rings. The first-order valence-electron chi connectivity index (χ1n) is 8.34. The summed E-state index contributed by atoms with van der Waals surface area (Å²) < 4.78 is 0. The van der Waals surface area contributed by atoms with E-state index in [1.807, 2.05) is 30.3 Å². The first-order valence-corrected chi connectivity index (χ1v) is 8.34. The lowest BCUT2D eigenvalue weighted by atomic mass is 10.1. The average Bonchev–Trinajstić information content (AvgIpc) is 2.64. The number of nitrogens with one attached hydrogen (secondary N) is 1. The summed E-state index contributed by atoms with van der Waals surface area (Å²) in [6.07, 6.45) is 0.0308. The third kappa shape index (κ3) is 5.73. The van der Waals surface area contributed by atoms with Crippen molar-refractivity contribution in [3.63, 3.8) is 0 Å². The van der Waals surface area contributed by atoms with Gasteiger partial charge in [-0.25, -0.2) is 4.79 Å². The molecule has 0 spiro atoms. The first kappa shape index (κ1) is 19.2. The Morgan fingerprint density at radius 1 is 1.00 bits per heavy atom. The van der Waals surface area contributed by atoms with Crippen molar-refractivity contribution in [2.45, 2.75) is 25.9 Å². The second-order valence-corrected chi connectivity index (χ2v) is 5.93. The lowest BCUT2D eigenvalue weighted by Gasteiger charge is -2.22. The van der Waals surface area contributed by atoms with Crippen molar-refractivity contribution in [2.24, 2.45) is 0 Å². The first-order chi connectivity index (χ1) is 12.5. The van der Waals surface area contributed by atoms with Gasteiger partial charge in [0.25, 0.3) is 0 Å². The van der Waals surface area contributed by atoms with E-state index in [2.05, 4.69) is 5.32 Å². The normalized spacial score (nSPS) is 11.4. The van der Waals surface area contributed by atoms with Gasteiger partial charge in [0.1, 0.15) is 0 Å². The van der Waals surface area contributed by atoms with Crippen LogP contribution in [-0.4, -0.2) is 34.3 Å². The second kappa shape index (κ2) is 9.36. The Morgan fingerprint density at radius 2 is 1.58 bits per heavy atom. The van der Waals surface area contributed by atoms with E-state index in [-0.39, 0.29) is 18.9 Å². The predicted octanol–water partition coefficient (Wildman–Crippen LogP) is 2.37. The van der Waals surface area contributed by atoms with Crippen LogP contribution in [0.1, 0.15) is 30.5 Å². The molecule has 0 radical (unpaired) electrons. The molecular formula is C20H22N2O4. The number of carboxylic acids is 1. The standard InChI is InChI=1S/C20H22N2O4/c1-15(23)22(14-16-8-4-2-5-9-16)13-12-18(24)21-19(20(25)26)17-10-6-3-7-11-17/h2-11,19H,12-14H2,1H3,(H,21,24)(H,25,26)/t19-/m1/s1. The van der Waals surface area contributed by atoms with E-state index in [1.54, 1.807) is 35.2 Å². The van der Waals surface area contributed by atoms with Gasteiger partial charge in [-0.1, -0.05) is 60.7 Å². The molecule has 0 saturated heterocycles. The van der Waals surface area contributed by atoms with Crippen LogP contribution in [0.4, 0.5) is 0 Å². The van der Waals surface area contributed by atoms with Crippen molar-refractivity contribution in [3.8, 4) is 0 Å². The highest BCUT2D eigenvalue weighted by atomic mass is 16.4. The van der Waals surface area contributed by atoms with Gasteiger partial charge in [-0.2, -0.15) is 0 Å². The maximum atomic E-state index is 12.2. The molecule has 6 heteroatoms. The van der Waals surface area contributed by atoms with E-state index in [0.717, 1.165) is 5.56 Å². The second-order valence-electron chi connectivity index (χ2n) is 5.93. The van der Waals surface area contributed by atoms with E-state index >= 15 is 0 Å². The van der Waals surface area contributed by atoms with E-state index < -0.39 is 17.9 Å². The molecule has 2 aromatic carbocycles. The van der Waals surface area contributed by atoms with Crippen LogP contribution in [0, 0.1) is 0 Å². The number of amides is 2. The number of aliphatic carboxylic acids is 1. The fourth-order valence-corrected chi connectivity index (χ4v) is 2.55. The molecule has 2 rings (SSSR count). The quantitative estimate of drug-likeness (QED) is 0.762. The van der Waals surface area contributed by atoms with Crippen LogP contribution in [0.3, 0.4) is 0 Å². The molecule has 0 aromatic heterocycles. The Bertz CT molecular complexity index is 747. The summed E-state index contributed by atoms with van der Waals surface area (Å²) in [5.74, 6) is -1.68. The van der Waals surface area contributed by atoms with E-state index in [4.69, 9.17) is 0 Å². The Kier molecular flexibility index (Phi) is 6.91. The topological polar surface area (TPSA) is 86.7 Å². The van der Waals surface area contributed by atoms with Gasteiger partial charge >= 0.3 is 5.97 Å². The molecule has 136 valence electrons. The third-order valence-electron chi connectivity index (χ3n) is 3.96. The highest BCUT2D eigenvalue weighted by molar-refractivity contribution is 5.85. The van der Waals surface area contributed by atoms with Crippen molar-refractivity contribution >= 4 is 17.8 Å². The Balaban J connectivity index is 1.94. The molecule has 0 aliphatic carbocycles. The number of carbonyl (C=O) groups is 3. The fourth-order valence-electron chi connectivity index (χ4n) is 2.55. The molecule has 2 N–H and O–H groups in total. The average molecular weight is 354 g/mol. The number of hydrogen-bond acceptors (Lipinski definition) is 3. The lowest BCUT2D eigenvalue weighted by molar-refractivity contribution is -0.142. The fraction of sp³-hybridized carbons (Fsp3) is 0.250. The van der Waals surface area contributed by atoms with Gasteiger partial charge in [-0.15, -0.1) is 0 Å². The summed E-state index contributed by atoms with van der Waals surface area (Å²) in [6.45, 7) is 2.08. The van der Waals surface area contributed by atoms with E-state index in [9.17, 15) is 19.5 Å². The zero-order valence-electron chi connectivity index (χ0n) is 14.6. The third-order valence-corrected chi connectivity index (χ3v) is 3.96. The number of nitrogens with zero attached hydrogens (tertiary/aromatic N) is 1. The van der Waals surface area contributed by atoms with Crippen molar-refractivity contribution in [1.82, 2.24) is 10.2 Å². The van der Waals surface area contributed by atoms with Gasteiger partial charge in [-0.05, 0) is 11.1 Å². The molecule has 0 fully saturated rings. The number of benzene rings is 2. The SMILES string of the molecule is CC(=O)N(CCC(=O)N[C@@H](C(=O)O)c1ccccc1)Cc1ccccc1. The van der Waals surface area contributed by atoms with Gasteiger partial charge in [0.2, 0.25) is 11.8 Å². The molecule has 2 aromatic rings. The Morgan fingerprint density at radius 3 is 2.12 bits per heavy atom. The Labute approximate surface area is 152 Å². The zero-order valence-corrected chi connectivity index (χ0v) is 14.6. The maximum absolute atomic E-state index is 12.2. The lowest BCUT2D eigenvalue weighted by Crippen LogP contribution is -2.37. The molecule has 2 amide bonds. The number of hydrogen-bond donors (Lipinski definition) is 2. The van der Waals surface area contributed by atoms with Gasteiger partial charge in [0.05, 0.1) is 0 Å². The molecule has 0 saturated carbocycles. The highest BCUT2D eigenvalue weighted by Crippen LogP contribution is 2.13. The summed E-state index contributed by atoms with van der Waals surface area (Å²) in [4.78, 5) is 37.0. The number of rotatable bonds is 8. The summed E-state index contributed by atoms with van der Waals surface area (Å²) in [5.41, 5.74) is 1.47. The van der Waals surface area contributed by atoms with Crippen LogP contribution >= 0.6 is 0 Å². The van der Waals surface area contributed by atoms with Crippen LogP contribution in [0.15, 0.2) is 60.7 Å². The molecule has 0 heterocycles. The summed E-state index contributed by atoms with van der Waals surface area (Å²) >= 11 is 0. The molecule has 0 bridgehead atoms. The predicted molar refractivity (Wildman–Crippen MR) is 97.1 cm³/mol. The van der Waals surface area contributed by atoms with Crippen LogP contribution in [-0.2, 0) is 20.9 Å². The van der Waals surface area contributed by atoms with Gasteiger partial charge in [-0.3, -0.25) is 9.59 Å². The van der Waals surface area contributed by atoms with E-state index in [1.165, 1.54) is 6.92 Å². The van der Waals surface area contributed by atoms with E-state index in [0.29, 0.717) is 12.1 Å². The molecular weight excluding hydrogens is 332 g/mol.